The number of nitrogens with zero attached hydrogens (tertiary/aromatic N) is 1. The Kier molecular flexibility index (Phi) is 2.64. The van der Waals surface area contributed by atoms with Crippen molar-refractivity contribution in [3.8, 4) is 0 Å². The molecule has 0 radical (unpaired) electrons. The molecular formula is C14H13NO3. The van der Waals surface area contributed by atoms with Crippen molar-refractivity contribution in [1.82, 2.24) is 4.90 Å². The molecule has 1 aromatic carbocycles. The van der Waals surface area contributed by atoms with Crippen molar-refractivity contribution in [3.63, 3.8) is 0 Å². The van der Waals surface area contributed by atoms with Crippen LogP contribution in [-0.2, 0) is 19.6 Å². The predicted molar refractivity (Wildman–Crippen MR) is 65.1 cm³/mol. The van der Waals surface area contributed by atoms with E-state index in [4.69, 9.17) is 9.52 Å². The van der Waals surface area contributed by atoms with Crippen LogP contribution in [0.1, 0.15) is 27.2 Å². The quantitative estimate of drug-likeness (QED) is 0.899. The van der Waals surface area contributed by atoms with Gasteiger partial charge in [0.05, 0.1) is 6.26 Å². The zero-order valence-electron chi connectivity index (χ0n) is 9.80. The van der Waals surface area contributed by atoms with Crippen molar-refractivity contribution < 1.29 is 14.3 Å². The van der Waals surface area contributed by atoms with Gasteiger partial charge in [-0.3, -0.25) is 4.90 Å². The summed E-state index contributed by atoms with van der Waals surface area (Å²) >= 11 is 0. The molecule has 2 heterocycles. The van der Waals surface area contributed by atoms with E-state index in [0.29, 0.717) is 6.54 Å². The van der Waals surface area contributed by atoms with Gasteiger partial charge in [-0.2, -0.15) is 0 Å². The minimum Gasteiger partial charge on any atom is -0.475 e. The van der Waals surface area contributed by atoms with Gasteiger partial charge in [-0.1, -0.05) is 30.3 Å². The van der Waals surface area contributed by atoms with Crippen molar-refractivity contribution in [2.24, 2.45) is 0 Å². The van der Waals surface area contributed by atoms with Gasteiger partial charge < -0.3 is 9.52 Å². The monoisotopic (exact) mass is 243 g/mol. The average Bonchev–Trinajstić information content (AvgIpc) is 2.89. The molecule has 0 atom stereocenters. The van der Waals surface area contributed by atoms with Crippen LogP contribution in [0.15, 0.2) is 41.0 Å². The number of furan rings is 1. The van der Waals surface area contributed by atoms with E-state index in [9.17, 15) is 4.79 Å². The summed E-state index contributed by atoms with van der Waals surface area (Å²) < 4.78 is 5.07. The molecule has 0 bridgehead atoms. The Hall–Kier alpha value is -2.07. The summed E-state index contributed by atoms with van der Waals surface area (Å²) in [5.74, 6) is -0.904. The number of fused-ring (bicyclic) bond motifs is 1. The third kappa shape index (κ3) is 1.91. The van der Waals surface area contributed by atoms with Crippen molar-refractivity contribution in [2.45, 2.75) is 19.6 Å². The molecule has 0 fully saturated rings. The SMILES string of the molecule is O=C(O)c1occ2c1CN(Cc1ccccc1)C2. The van der Waals surface area contributed by atoms with E-state index in [-0.39, 0.29) is 5.76 Å². The number of hydrogen-bond donors (Lipinski definition) is 1. The fourth-order valence-corrected chi connectivity index (χ4v) is 2.38. The highest BCUT2D eigenvalue weighted by atomic mass is 16.4. The van der Waals surface area contributed by atoms with Gasteiger partial charge in [0.2, 0.25) is 5.76 Å². The predicted octanol–water partition coefficient (Wildman–Crippen LogP) is 2.49. The Morgan fingerprint density at radius 3 is 2.78 bits per heavy atom. The molecule has 1 aromatic heterocycles. The van der Waals surface area contributed by atoms with Crippen molar-refractivity contribution in [3.05, 3.63) is 59.0 Å². The zero-order valence-corrected chi connectivity index (χ0v) is 9.80. The first-order chi connectivity index (χ1) is 8.74. The van der Waals surface area contributed by atoms with E-state index in [1.807, 2.05) is 18.2 Å². The number of benzene rings is 1. The van der Waals surface area contributed by atoms with Crippen LogP contribution >= 0.6 is 0 Å². The molecule has 92 valence electrons. The molecule has 0 amide bonds. The van der Waals surface area contributed by atoms with Gasteiger partial charge in [-0.05, 0) is 5.56 Å². The van der Waals surface area contributed by atoms with E-state index in [0.717, 1.165) is 24.2 Å². The first kappa shape index (κ1) is 11.0. The Morgan fingerprint density at radius 2 is 2.06 bits per heavy atom. The lowest BCUT2D eigenvalue weighted by atomic mass is 10.2. The number of carboxylic acids is 1. The van der Waals surface area contributed by atoms with Gasteiger partial charge in [0.1, 0.15) is 0 Å². The molecule has 0 saturated carbocycles. The van der Waals surface area contributed by atoms with Crippen LogP contribution in [0.4, 0.5) is 0 Å². The summed E-state index contributed by atoms with van der Waals surface area (Å²) in [6, 6.07) is 10.2. The molecule has 1 N–H and O–H groups in total. The molecule has 0 aliphatic carbocycles. The summed E-state index contributed by atoms with van der Waals surface area (Å²) in [5, 5.41) is 9.00. The van der Waals surface area contributed by atoms with E-state index < -0.39 is 5.97 Å². The number of hydrogen-bond acceptors (Lipinski definition) is 3. The molecular weight excluding hydrogens is 230 g/mol. The molecule has 4 nitrogen and oxygen atoms in total. The number of carboxylic acid groups (broad SMARTS) is 1. The maximum Gasteiger partial charge on any atom is 0.372 e. The molecule has 4 heteroatoms. The van der Waals surface area contributed by atoms with Crippen LogP contribution in [0.5, 0.6) is 0 Å². The van der Waals surface area contributed by atoms with Crippen LogP contribution in [0, 0.1) is 0 Å². The third-order valence-electron chi connectivity index (χ3n) is 3.20. The summed E-state index contributed by atoms with van der Waals surface area (Å²) in [6.07, 6.45) is 1.56. The first-order valence-electron chi connectivity index (χ1n) is 5.83. The molecule has 0 spiro atoms. The highest BCUT2D eigenvalue weighted by Gasteiger charge is 2.27. The third-order valence-corrected chi connectivity index (χ3v) is 3.20. The molecule has 18 heavy (non-hydrogen) atoms. The van der Waals surface area contributed by atoms with Gasteiger partial charge >= 0.3 is 5.97 Å². The Labute approximate surface area is 104 Å². The van der Waals surface area contributed by atoms with Crippen LogP contribution in [0.25, 0.3) is 0 Å². The summed E-state index contributed by atoms with van der Waals surface area (Å²) in [4.78, 5) is 13.2. The Bertz CT molecular complexity index is 574. The molecule has 0 unspecified atom stereocenters. The maximum atomic E-state index is 11.0. The molecule has 2 aromatic rings. The minimum atomic E-state index is -0.988. The van der Waals surface area contributed by atoms with Crippen LogP contribution in [0.3, 0.4) is 0 Å². The fourth-order valence-electron chi connectivity index (χ4n) is 2.38. The van der Waals surface area contributed by atoms with Crippen LogP contribution in [0.2, 0.25) is 0 Å². The number of rotatable bonds is 3. The molecule has 1 aliphatic heterocycles. The van der Waals surface area contributed by atoms with Crippen molar-refractivity contribution in [1.29, 1.82) is 0 Å². The van der Waals surface area contributed by atoms with Gasteiger partial charge in [-0.15, -0.1) is 0 Å². The van der Waals surface area contributed by atoms with Crippen LogP contribution in [-0.4, -0.2) is 16.0 Å². The lowest BCUT2D eigenvalue weighted by Gasteiger charge is -2.14. The van der Waals surface area contributed by atoms with Gasteiger partial charge in [-0.25, -0.2) is 4.79 Å². The second kappa shape index (κ2) is 4.31. The van der Waals surface area contributed by atoms with E-state index >= 15 is 0 Å². The normalized spacial score (nSPS) is 14.7. The smallest absolute Gasteiger partial charge is 0.372 e. The van der Waals surface area contributed by atoms with E-state index in [1.54, 1.807) is 6.26 Å². The average molecular weight is 243 g/mol. The fraction of sp³-hybridized carbons (Fsp3) is 0.214. The standard InChI is InChI=1S/C14H13NO3/c16-14(17)13-12-8-15(7-11(12)9-18-13)6-10-4-2-1-3-5-10/h1-5,9H,6-8H2,(H,16,17). The second-order valence-electron chi connectivity index (χ2n) is 4.50. The van der Waals surface area contributed by atoms with E-state index in [1.165, 1.54) is 5.56 Å². The summed E-state index contributed by atoms with van der Waals surface area (Å²) in [7, 11) is 0. The van der Waals surface area contributed by atoms with Crippen molar-refractivity contribution in [2.75, 3.05) is 0 Å². The zero-order chi connectivity index (χ0) is 12.5. The topological polar surface area (TPSA) is 53.7 Å². The van der Waals surface area contributed by atoms with E-state index in [2.05, 4.69) is 17.0 Å². The number of aromatic carboxylic acids is 1. The van der Waals surface area contributed by atoms with Gasteiger partial charge in [0, 0.05) is 30.8 Å². The minimum absolute atomic E-state index is 0.0839. The summed E-state index contributed by atoms with van der Waals surface area (Å²) in [5.41, 5.74) is 3.04. The second-order valence-corrected chi connectivity index (χ2v) is 4.50. The maximum absolute atomic E-state index is 11.0. The highest BCUT2D eigenvalue weighted by molar-refractivity contribution is 5.86. The molecule has 1 aliphatic rings. The Balaban J connectivity index is 1.75. The highest BCUT2D eigenvalue weighted by Crippen LogP contribution is 2.28. The largest absolute Gasteiger partial charge is 0.475 e. The first-order valence-corrected chi connectivity index (χ1v) is 5.83. The van der Waals surface area contributed by atoms with Crippen molar-refractivity contribution >= 4 is 5.97 Å². The van der Waals surface area contributed by atoms with Gasteiger partial charge in [0.15, 0.2) is 0 Å². The molecule has 0 saturated heterocycles. The lowest BCUT2D eigenvalue weighted by molar-refractivity contribution is 0.0659. The van der Waals surface area contributed by atoms with Gasteiger partial charge in [0.25, 0.3) is 0 Å². The lowest BCUT2D eigenvalue weighted by Crippen LogP contribution is -2.16. The number of carbonyl (C=O) groups is 1. The van der Waals surface area contributed by atoms with Crippen LogP contribution < -0.4 is 0 Å². The Morgan fingerprint density at radius 1 is 1.28 bits per heavy atom. The summed E-state index contributed by atoms with van der Waals surface area (Å²) in [6.45, 7) is 2.22. The molecule has 3 rings (SSSR count).